The van der Waals surface area contributed by atoms with Gasteiger partial charge in [0.1, 0.15) is 11.6 Å². The van der Waals surface area contributed by atoms with Crippen LogP contribution in [0.25, 0.3) is 11.1 Å². The van der Waals surface area contributed by atoms with E-state index in [0.717, 1.165) is 0 Å². The van der Waals surface area contributed by atoms with Crippen molar-refractivity contribution in [1.82, 2.24) is 9.97 Å². The summed E-state index contributed by atoms with van der Waals surface area (Å²) in [6, 6.07) is 9.04. The lowest BCUT2D eigenvalue weighted by atomic mass is 9.98. The van der Waals surface area contributed by atoms with Gasteiger partial charge in [-0.3, -0.25) is 9.59 Å². The van der Waals surface area contributed by atoms with E-state index in [2.05, 4.69) is 20.6 Å². The molecule has 3 aromatic rings. The standard InChI is InChI=1S/C21H18ClFN4O3/c1-11(28)25-19-7-14(4-5-24-19)26-18-8-16(15-6-13(22)2-3-17(15)23)21(29)27-20(18)12-9-30-10-12/h2-8,12H,9-10H2,1H3,(H,27,29)(H2,24,25,26,28). The molecule has 3 heterocycles. The van der Waals surface area contributed by atoms with E-state index in [4.69, 9.17) is 16.3 Å². The molecule has 7 nitrogen and oxygen atoms in total. The van der Waals surface area contributed by atoms with Crippen LogP contribution in [0, 0.1) is 5.82 Å². The third-order valence-corrected chi connectivity index (χ3v) is 4.91. The van der Waals surface area contributed by atoms with Crippen LogP contribution in [-0.2, 0) is 9.53 Å². The zero-order chi connectivity index (χ0) is 21.3. The zero-order valence-corrected chi connectivity index (χ0v) is 16.7. The van der Waals surface area contributed by atoms with E-state index in [-0.39, 0.29) is 23.0 Å². The molecule has 0 unspecified atom stereocenters. The van der Waals surface area contributed by atoms with Gasteiger partial charge in [0.25, 0.3) is 5.56 Å². The molecule has 1 saturated heterocycles. The second kappa shape index (κ2) is 8.25. The lowest BCUT2D eigenvalue weighted by Crippen LogP contribution is -2.29. The number of ether oxygens (including phenoxy) is 1. The number of nitrogens with one attached hydrogen (secondary N) is 3. The summed E-state index contributed by atoms with van der Waals surface area (Å²) in [5.41, 5.74) is 1.74. The number of halogens is 2. The number of pyridine rings is 2. The number of hydrogen-bond acceptors (Lipinski definition) is 5. The van der Waals surface area contributed by atoms with E-state index < -0.39 is 11.4 Å². The Morgan fingerprint density at radius 1 is 1.23 bits per heavy atom. The number of amides is 1. The Morgan fingerprint density at radius 3 is 2.73 bits per heavy atom. The summed E-state index contributed by atoms with van der Waals surface area (Å²) in [4.78, 5) is 31.0. The first-order chi connectivity index (χ1) is 14.4. The smallest absolute Gasteiger partial charge is 0.256 e. The average molecular weight is 429 g/mol. The van der Waals surface area contributed by atoms with E-state index in [0.29, 0.717) is 41.1 Å². The van der Waals surface area contributed by atoms with Crippen LogP contribution in [0.3, 0.4) is 0 Å². The van der Waals surface area contributed by atoms with E-state index >= 15 is 0 Å². The first-order valence-corrected chi connectivity index (χ1v) is 9.59. The van der Waals surface area contributed by atoms with Crippen LogP contribution < -0.4 is 16.2 Å². The molecule has 0 spiro atoms. The Balaban J connectivity index is 1.78. The van der Waals surface area contributed by atoms with Crippen molar-refractivity contribution in [3.05, 3.63) is 69.5 Å². The number of hydrogen-bond donors (Lipinski definition) is 3. The number of aromatic nitrogens is 2. The van der Waals surface area contributed by atoms with Crippen LogP contribution in [0.2, 0.25) is 5.02 Å². The maximum Gasteiger partial charge on any atom is 0.256 e. The summed E-state index contributed by atoms with van der Waals surface area (Å²) in [5.74, 6) is -0.399. The van der Waals surface area contributed by atoms with Crippen molar-refractivity contribution < 1.29 is 13.9 Å². The second-order valence-corrected chi connectivity index (χ2v) is 7.37. The van der Waals surface area contributed by atoms with Gasteiger partial charge in [-0.1, -0.05) is 11.6 Å². The molecule has 30 heavy (non-hydrogen) atoms. The number of anilines is 3. The highest BCUT2D eigenvalue weighted by atomic mass is 35.5. The summed E-state index contributed by atoms with van der Waals surface area (Å²) < 4.78 is 19.7. The van der Waals surface area contributed by atoms with Gasteiger partial charge in [0.05, 0.1) is 24.5 Å². The number of H-pyrrole nitrogens is 1. The summed E-state index contributed by atoms with van der Waals surface area (Å²) in [6.45, 7) is 2.34. The predicted molar refractivity (Wildman–Crippen MR) is 113 cm³/mol. The Morgan fingerprint density at radius 2 is 2.03 bits per heavy atom. The first-order valence-electron chi connectivity index (χ1n) is 9.22. The number of carbonyl (C=O) groups is 1. The van der Waals surface area contributed by atoms with Crippen molar-refractivity contribution >= 4 is 34.7 Å². The maximum atomic E-state index is 14.4. The molecule has 0 saturated carbocycles. The van der Waals surface area contributed by atoms with E-state index in [9.17, 15) is 14.0 Å². The number of benzene rings is 1. The SMILES string of the molecule is CC(=O)Nc1cc(Nc2cc(-c3cc(Cl)ccc3F)c(=O)[nH]c2C2COC2)ccn1. The minimum absolute atomic E-state index is 0.00936. The Kier molecular flexibility index (Phi) is 5.52. The lowest BCUT2D eigenvalue weighted by molar-refractivity contribution is -0.114. The molecule has 1 aromatic carbocycles. The van der Waals surface area contributed by atoms with Crippen molar-refractivity contribution in [1.29, 1.82) is 0 Å². The fourth-order valence-electron chi connectivity index (χ4n) is 3.19. The van der Waals surface area contributed by atoms with Gasteiger partial charge in [-0.15, -0.1) is 0 Å². The molecule has 0 radical (unpaired) electrons. The molecule has 0 atom stereocenters. The zero-order valence-electron chi connectivity index (χ0n) is 16.0. The molecule has 1 aliphatic heterocycles. The van der Waals surface area contributed by atoms with Gasteiger partial charge in [0.15, 0.2) is 0 Å². The van der Waals surface area contributed by atoms with Crippen LogP contribution in [0.1, 0.15) is 18.5 Å². The van der Waals surface area contributed by atoms with Crippen LogP contribution >= 0.6 is 11.6 Å². The average Bonchev–Trinajstić information content (AvgIpc) is 2.64. The summed E-state index contributed by atoms with van der Waals surface area (Å²) >= 11 is 6.01. The van der Waals surface area contributed by atoms with Crippen LogP contribution in [0.15, 0.2) is 47.4 Å². The fraction of sp³-hybridized carbons (Fsp3) is 0.190. The summed E-state index contributed by atoms with van der Waals surface area (Å²) in [7, 11) is 0. The molecule has 4 rings (SSSR count). The van der Waals surface area contributed by atoms with E-state index in [1.54, 1.807) is 24.4 Å². The minimum Gasteiger partial charge on any atom is -0.380 e. The van der Waals surface area contributed by atoms with Gasteiger partial charge in [0.2, 0.25) is 5.91 Å². The summed E-state index contributed by atoms with van der Waals surface area (Å²) in [6.07, 6.45) is 1.54. The normalized spacial score (nSPS) is 13.6. The highest BCUT2D eigenvalue weighted by molar-refractivity contribution is 6.30. The van der Waals surface area contributed by atoms with E-state index in [1.165, 1.54) is 25.1 Å². The van der Waals surface area contributed by atoms with E-state index in [1.807, 2.05) is 0 Å². The van der Waals surface area contributed by atoms with Gasteiger partial charge in [-0.25, -0.2) is 9.37 Å². The van der Waals surface area contributed by atoms with Crippen LogP contribution in [0.5, 0.6) is 0 Å². The van der Waals surface area contributed by atoms with Gasteiger partial charge in [-0.2, -0.15) is 0 Å². The Hall–Kier alpha value is -3.23. The van der Waals surface area contributed by atoms with Crippen molar-refractivity contribution in [2.24, 2.45) is 0 Å². The van der Waals surface area contributed by atoms with Crippen LogP contribution in [0.4, 0.5) is 21.6 Å². The molecule has 9 heteroatoms. The molecular formula is C21H18ClFN4O3. The molecular weight excluding hydrogens is 411 g/mol. The van der Waals surface area contributed by atoms with Gasteiger partial charge in [0, 0.05) is 47.1 Å². The van der Waals surface area contributed by atoms with Crippen molar-refractivity contribution in [2.45, 2.75) is 12.8 Å². The highest BCUT2D eigenvalue weighted by Gasteiger charge is 2.26. The largest absolute Gasteiger partial charge is 0.380 e. The monoisotopic (exact) mass is 428 g/mol. The third-order valence-electron chi connectivity index (χ3n) is 4.68. The third kappa shape index (κ3) is 4.19. The second-order valence-electron chi connectivity index (χ2n) is 6.93. The molecule has 154 valence electrons. The molecule has 0 aliphatic carbocycles. The molecule has 3 N–H and O–H groups in total. The van der Waals surface area contributed by atoms with Gasteiger partial charge >= 0.3 is 0 Å². The number of carbonyl (C=O) groups excluding carboxylic acids is 1. The molecule has 1 amide bonds. The first kappa shape index (κ1) is 20.1. The fourth-order valence-corrected chi connectivity index (χ4v) is 3.36. The van der Waals surface area contributed by atoms with Crippen molar-refractivity contribution in [2.75, 3.05) is 23.8 Å². The quantitative estimate of drug-likeness (QED) is 0.570. The molecule has 1 fully saturated rings. The lowest BCUT2D eigenvalue weighted by Gasteiger charge is -2.28. The Labute approximate surface area is 176 Å². The number of nitrogens with zero attached hydrogens (tertiary/aromatic N) is 1. The van der Waals surface area contributed by atoms with Gasteiger partial charge in [-0.05, 0) is 30.3 Å². The number of rotatable bonds is 5. The maximum absolute atomic E-state index is 14.4. The van der Waals surface area contributed by atoms with Crippen LogP contribution in [-0.4, -0.2) is 29.1 Å². The number of aromatic amines is 1. The Bertz CT molecular complexity index is 1180. The molecule has 2 aromatic heterocycles. The topological polar surface area (TPSA) is 96.1 Å². The highest BCUT2D eigenvalue weighted by Crippen LogP contribution is 2.33. The predicted octanol–water partition coefficient (Wildman–Crippen LogP) is 4.05. The summed E-state index contributed by atoms with van der Waals surface area (Å²) in [5, 5.41) is 6.18. The van der Waals surface area contributed by atoms with Crippen molar-refractivity contribution in [3.63, 3.8) is 0 Å². The molecule has 0 bridgehead atoms. The molecule has 1 aliphatic rings. The van der Waals surface area contributed by atoms with Crippen molar-refractivity contribution in [3.8, 4) is 11.1 Å². The minimum atomic E-state index is -0.549. The van der Waals surface area contributed by atoms with Gasteiger partial charge < -0.3 is 20.4 Å².